The SMILES string of the molecule is CC(CNS(=O)(=O)CC(N)=S)CN1CCCC1. The van der Waals surface area contributed by atoms with Gasteiger partial charge in [0.2, 0.25) is 10.0 Å². The van der Waals surface area contributed by atoms with E-state index in [4.69, 9.17) is 5.73 Å². The van der Waals surface area contributed by atoms with Crippen molar-refractivity contribution >= 4 is 27.2 Å². The third-order valence-corrected chi connectivity index (χ3v) is 4.38. The summed E-state index contributed by atoms with van der Waals surface area (Å²) in [5.41, 5.74) is 5.22. The van der Waals surface area contributed by atoms with Crippen LogP contribution in [0.5, 0.6) is 0 Å². The number of nitrogens with zero attached hydrogens (tertiary/aromatic N) is 1. The standard InChI is InChI=1S/C10H21N3O2S2/c1-9(7-13-4-2-3-5-13)6-12-17(14,15)8-10(11)16/h9,12H,2-8H2,1H3,(H2,11,16). The van der Waals surface area contributed by atoms with Crippen LogP contribution in [0.25, 0.3) is 0 Å². The van der Waals surface area contributed by atoms with Crippen molar-refractivity contribution in [2.75, 3.05) is 31.9 Å². The summed E-state index contributed by atoms with van der Waals surface area (Å²) >= 11 is 4.59. The summed E-state index contributed by atoms with van der Waals surface area (Å²) in [6.07, 6.45) is 2.50. The number of nitrogens with one attached hydrogen (secondary N) is 1. The molecule has 1 saturated heterocycles. The van der Waals surface area contributed by atoms with Gasteiger partial charge in [-0.3, -0.25) is 0 Å². The average Bonchev–Trinajstić information content (AvgIpc) is 2.65. The minimum Gasteiger partial charge on any atom is -0.392 e. The van der Waals surface area contributed by atoms with Crippen LogP contribution < -0.4 is 10.5 Å². The van der Waals surface area contributed by atoms with Gasteiger partial charge < -0.3 is 10.6 Å². The van der Waals surface area contributed by atoms with Crippen LogP contribution in [0, 0.1) is 5.92 Å². The minimum absolute atomic E-state index is 0.00435. The van der Waals surface area contributed by atoms with E-state index in [1.54, 1.807) is 0 Å². The van der Waals surface area contributed by atoms with Crippen LogP contribution in [0.15, 0.2) is 0 Å². The van der Waals surface area contributed by atoms with Crippen LogP contribution in [0.2, 0.25) is 0 Å². The van der Waals surface area contributed by atoms with E-state index < -0.39 is 10.0 Å². The van der Waals surface area contributed by atoms with Crippen molar-refractivity contribution in [3.63, 3.8) is 0 Å². The third-order valence-electron chi connectivity index (χ3n) is 2.75. The van der Waals surface area contributed by atoms with Gasteiger partial charge in [0.15, 0.2) is 0 Å². The molecule has 0 amide bonds. The molecule has 5 nitrogen and oxygen atoms in total. The molecule has 1 unspecified atom stereocenters. The number of hydrogen-bond acceptors (Lipinski definition) is 4. The summed E-state index contributed by atoms with van der Waals surface area (Å²) in [6.45, 7) is 5.69. The summed E-state index contributed by atoms with van der Waals surface area (Å²) in [6, 6.07) is 0. The van der Waals surface area contributed by atoms with Gasteiger partial charge >= 0.3 is 0 Å². The van der Waals surface area contributed by atoms with Gasteiger partial charge in [-0.25, -0.2) is 13.1 Å². The molecule has 1 rings (SSSR count). The maximum absolute atomic E-state index is 11.5. The molecule has 1 fully saturated rings. The third kappa shape index (κ3) is 6.30. The predicted octanol–water partition coefficient (Wildman–Crippen LogP) is -0.0762. The van der Waals surface area contributed by atoms with Crippen LogP contribution in [-0.2, 0) is 10.0 Å². The maximum Gasteiger partial charge on any atom is 0.218 e. The second-order valence-corrected chi connectivity index (χ2v) is 7.02. The molecule has 0 aromatic carbocycles. The monoisotopic (exact) mass is 279 g/mol. The van der Waals surface area contributed by atoms with E-state index in [2.05, 4.69) is 21.8 Å². The molecular weight excluding hydrogens is 258 g/mol. The highest BCUT2D eigenvalue weighted by molar-refractivity contribution is 7.92. The largest absolute Gasteiger partial charge is 0.392 e. The first kappa shape index (κ1) is 14.8. The number of rotatable bonds is 7. The van der Waals surface area contributed by atoms with Gasteiger partial charge in [0, 0.05) is 13.1 Å². The van der Waals surface area contributed by atoms with Gasteiger partial charge in [-0.15, -0.1) is 0 Å². The van der Waals surface area contributed by atoms with E-state index in [0.29, 0.717) is 12.5 Å². The fourth-order valence-corrected chi connectivity index (χ4v) is 3.46. The lowest BCUT2D eigenvalue weighted by Crippen LogP contribution is -2.37. The van der Waals surface area contributed by atoms with E-state index >= 15 is 0 Å². The highest BCUT2D eigenvalue weighted by Crippen LogP contribution is 2.09. The van der Waals surface area contributed by atoms with Gasteiger partial charge in [-0.05, 0) is 31.8 Å². The highest BCUT2D eigenvalue weighted by atomic mass is 32.2. The Morgan fingerprint density at radius 3 is 2.59 bits per heavy atom. The van der Waals surface area contributed by atoms with Crippen molar-refractivity contribution in [1.82, 2.24) is 9.62 Å². The second-order valence-electron chi connectivity index (χ2n) is 4.69. The zero-order valence-corrected chi connectivity index (χ0v) is 11.8. The quantitative estimate of drug-likeness (QED) is 0.638. The van der Waals surface area contributed by atoms with Crippen molar-refractivity contribution in [3.05, 3.63) is 0 Å². The van der Waals surface area contributed by atoms with Gasteiger partial charge in [0.25, 0.3) is 0 Å². The lowest BCUT2D eigenvalue weighted by atomic mass is 10.2. The summed E-state index contributed by atoms with van der Waals surface area (Å²) in [5, 5.41) is 0. The molecule has 0 radical (unpaired) electrons. The Bertz CT molecular complexity index is 351. The normalized spacial score (nSPS) is 19.4. The van der Waals surface area contributed by atoms with Crippen molar-refractivity contribution in [2.24, 2.45) is 11.7 Å². The first-order chi connectivity index (χ1) is 7.89. The van der Waals surface area contributed by atoms with Crippen molar-refractivity contribution in [2.45, 2.75) is 19.8 Å². The number of likely N-dealkylation sites (tertiary alicyclic amines) is 1. The number of hydrogen-bond donors (Lipinski definition) is 2. The van der Waals surface area contributed by atoms with E-state index in [9.17, 15) is 8.42 Å². The zero-order valence-electron chi connectivity index (χ0n) is 10.2. The summed E-state index contributed by atoms with van der Waals surface area (Å²) in [5.74, 6) is 0.0351. The highest BCUT2D eigenvalue weighted by Gasteiger charge is 2.17. The molecule has 17 heavy (non-hydrogen) atoms. The van der Waals surface area contributed by atoms with Gasteiger partial charge in [-0.1, -0.05) is 19.1 Å². The molecule has 0 aromatic rings. The number of nitrogens with two attached hydrogens (primary N) is 1. The first-order valence-corrected chi connectivity index (χ1v) is 7.93. The van der Waals surface area contributed by atoms with Gasteiger partial charge in [-0.2, -0.15) is 0 Å². The molecule has 1 aliphatic heterocycles. The van der Waals surface area contributed by atoms with Crippen LogP contribution in [0.4, 0.5) is 0 Å². The lowest BCUT2D eigenvalue weighted by Gasteiger charge is -2.20. The van der Waals surface area contributed by atoms with E-state index in [0.717, 1.165) is 19.6 Å². The van der Waals surface area contributed by atoms with Crippen molar-refractivity contribution in [1.29, 1.82) is 0 Å². The summed E-state index contributed by atoms with van der Waals surface area (Å²) in [7, 11) is -3.34. The molecule has 100 valence electrons. The minimum atomic E-state index is -3.34. The van der Waals surface area contributed by atoms with E-state index in [1.807, 2.05) is 6.92 Å². The Morgan fingerprint density at radius 2 is 2.06 bits per heavy atom. The molecule has 0 aromatic heterocycles. The first-order valence-electron chi connectivity index (χ1n) is 5.87. The summed E-state index contributed by atoms with van der Waals surface area (Å²) in [4.78, 5) is 2.37. The van der Waals surface area contributed by atoms with Crippen molar-refractivity contribution in [3.8, 4) is 0 Å². The maximum atomic E-state index is 11.5. The second kappa shape index (κ2) is 6.63. The number of thiocarbonyl (C=S) groups is 1. The van der Waals surface area contributed by atoms with Crippen LogP contribution >= 0.6 is 12.2 Å². The fraction of sp³-hybridized carbons (Fsp3) is 0.900. The van der Waals surface area contributed by atoms with Crippen LogP contribution in [0.3, 0.4) is 0 Å². The van der Waals surface area contributed by atoms with E-state index in [-0.39, 0.29) is 10.7 Å². The molecule has 1 aliphatic rings. The Balaban J connectivity index is 2.26. The molecule has 1 atom stereocenters. The van der Waals surface area contributed by atoms with Crippen molar-refractivity contribution < 1.29 is 8.42 Å². The van der Waals surface area contributed by atoms with Gasteiger partial charge in [0.1, 0.15) is 5.75 Å². The topological polar surface area (TPSA) is 75.4 Å². The van der Waals surface area contributed by atoms with Gasteiger partial charge in [0.05, 0.1) is 4.99 Å². The molecule has 0 bridgehead atoms. The molecule has 1 heterocycles. The van der Waals surface area contributed by atoms with Crippen LogP contribution in [0.1, 0.15) is 19.8 Å². The summed E-state index contributed by atoms with van der Waals surface area (Å²) < 4.78 is 25.5. The molecule has 0 aliphatic carbocycles. The lowest BCUT2D eigenvalue weighted by molar-refractivity contribution is 0.288. The predicted molar refractivity (Wildman–Crippen MR) is 73.4 cm³/mol. The van der Waals surface area contributed by atoms with E-state index in [1.165, 1.54) is 12.8 Å². The Labute approximate surface area is 109 Å². The zero-order chi connectivity index (χ0) is 12.9. The molecule has 0 saturated carbocycles. The fourth-order valence-electron chi connectivity index (χ4n) is 1.98. The molecule has 3 N–H and O–H groups in total. The Kier molecular flexibility index (Phi) is 5.78. The molecule has 0 spiro atoms. The Morgan fingerprint density at radius 1 is 1.47 bits per heavy atom. The smallest absolute Gasteiger partial charge is 0.218 e. The number of sulfonamides is 1. The average molecular weight is 279 g/mol. The molecular formula is C10H21N3O2S2. The Hall–Kier alpha value is -0.240. The molecule has 7 heteroatoms. The van der Waals surface area contributed by atoms with Crippen LogP contribution in [-0.4, -0.2) is 50.2 Å².